The summed E-state index contributed by atoms with van der Waals surface area (Å²) >= 11 is 0. The third-order valence-electron chi connectivity index (χ3n) is 3.99. The maximum Gasteiger partial charge on any atom is 0.255 e. The third kappa shape index (κ3) is 4.43. The Balaban J connectivity index is 1.84. The molecule has 0 aromatic carbocycles. The van der Waals surface area contributed by atoms with E-state index >= 15 is 0 Å². The number of amides is 1. The maximum absolute atomic E-state index is 12.3. The summed E-state index contributed by atoms with van der Waals surface area (Å²) in [5.74, 6) is 0.451. The van der Waals surface area contributed by atoms with Crippen molar-refractivity contribution in [3.8, 4) is 5.75 Å². The van der Waals surface area contributed by atoms with Gasteiger partial charge in [-0.25, -0.2) is 0 Å². The van der Waals surface area contributed by atoms with Crippen LogP contribution in [0.2, 0.25) is 0 Å². The van der Waals surface area contributed by atoms with Crippen molar-refractivity contribution in [3.63, 3.8) is 0 Å². The fourth-order valence-corrected chi connectivity index (χ4v) is 2.78. The fourth-order valence-electron chi connectivity index (χ4n) is 2.78. The molecule has 1 heterocycles. The molecule has 21 heavy (non-hydrogen) atoms. The summed E-state index contributed by atoms with van der Waals surface area (Å²) in [6.45, 7) is 3.26. The zero-order valence-electron chi connectivity index (χ0n) is 12.9. The number of nitrogens with zero attached hydrogens (tertiary/aromatic N) is 1. The van der Waals surface area contributed by atoms with Gasteiger partial charge in [-0.15, -0.1) is 0 Å². The number of aromatic nitrogens is 1. The zero-order chi connectivity index (χ0) is 15.1. The summed E-state index contributed by atoms with van der Waals surface area (Å²) in [6, 6.07) is 2.56. The van der Waals surface area contributed by atoms with Gasteiger partial charge in [-0.2, -0.15) is 0 Å². The van der Waals surface area contributed by atoms with E-state index in [1.54, 1.807) is 25.6 Å². The van der Waals surface area contributed by atoms with Crippen LogP contribution in [0.3, 0.4) is 0 Å². The zero-order valence-corrected chi connectivity index (χ0v) is 12.9. The summed E-state index contributed by atoms with van der Waals surface area (Å²) in [7, 11) is 1.55. The van der Waals surface area contributed by atoms with Crippen molar-refractivity contribution in [2.24, 2.45) is 0 Å². The van der Waals surface area contributed by atoms with Crippen LogP contribution in [0.25, 0.3) is 0 Å². The topological polar surface area (TPSA) is 63.2 Å². The van der Waals surface area contributed by atoms with Crippen LogP contribution in [0.15, 0.2) is 18.5 Å². The molecule has 0 spiro atoms. The van der Waals surface area contributed by atoms with Crippen LogP contribution < -0.4 is 15.4 Å². The summed E-state index contributed by atoms with van der Waals surface area (Å²) in [4.78, 5) is 16.3. The Labute approximate surface area is 126 Å². The number of methoxy groups -OCH3 is 1. The van der Waals surface area contributed by atoms with E-state index in [4.69, 9.17) is 4.74 Å². The molecule has 0 bridgehead atoms. The van der Waals surface area contributed by atoms with E-state index in [1.807, 2.05) is 0 Å². The maximum atomic E-state index is 12.3. The molecule has 1 fully saturated rings. The van der Waals surface area contributed by atoms with Crippen LogP contribution in [0.5, 0.6) is 5.75 Å². The molecule has 0 radical (unpaired) electrons. The van der Waals surface area contributed by atoms with Gasteiger partial charge in [0.15, 0.2) is 0 Å². The van der Waals surface area contributed by atoms with Crippen molar-refractivity contribution in [3.05, 3.63) is 24.0 Å². The predicted octanol–water partition coefficient (Wildman–Crippen LogP) is 2.13. The van der Waals surface area contributed by atoms with Gasteiger partial charge in [0, 0.05) is 18.3 Å². The van der Waals surface area contributed by atoms with Crippen LogP contribution in [0.1, 0.15) is 49.4 Å². The summed E-state index contributed by atoms with van der Waals surface area (Å²) < 4.78 is 5.18. The molecule has 5 nitrogen and oxygen atoms in total. The van der Waals surface area contributed by atoms with Crippen LogP contribution in [-0.2, 0) is 0 Å². The Morgan fingerprint density at radius 2 is 2.05 bits per heavy atom. The second-order valence-corrected chi connectivity index (χ2v) is 5.55. The van der Waals surface area contributed by atoms with Gasteiger partial charge in [0.05, 0.1) is 18.9 Å². The van der Waals surface area contributed by atoms with E-state index in [0.29, 0.717) is 17.4 Å². The highest BCUT2D eigenvalue weighted by Crippen LogP contribution is 2.21. The molecule has 1 amide bonds. The van der Waals surface area contributed by atoms with Crippen molar-refractivity contribution in [2.45, 2.75) is 51.1 Å². The SMILES string of the molecule is CCCNC1CCC(NC(=O)c2ccncc2OC)CC1. The summed E-state index contributed by atoms with van der Waals surface area (Å²) in [5.41, 5.74) is 0.554. The van der Waals surface area contributed by atoms with Crippen molar-refractivity contribution in [1.82, 2.24) is 15.6 Å². The number of carbonyl (C=O) groups excluding carboxylic acids is 1. The van der Waals surface area contributed by atoms with E-state index in [9.17, 15) is 4.79 Å². The molecule has 1 aromatic heterocycles. The van der Waals surface area contributed by atoms with Crippen molar-refractivity contribution in [1.29, 1.82) is 0 Å². The van der Waals surface area contributed by atoms with Gasteiger partial charge < -0.3 is 15.4 Å². The van der Waals surface area contributed by atoms with Gasteiger partial charge in [-0.1, -0.05) is 6.92 Å². The normalized spacial score (nSPS) is 21.8. The average Bonchev–Trinajstić information content (AvgIpc) is 2.54. The highest BCUT2D eigenvalue weighted by molar-refractivity contribution is 5.96. The first-order chi connectivity index (χ1) is 10.2. The number of hydrogen-bond donors (Lipinski definition) is 2. The Bertz CT molecular complexity index is 457. The molecule has 5 heteroatoms. The van der Waals surface area contributed by atoms with E-state index < -0.39 is 0 Å². The number of carbonyl (C=O) groups is 1. The molecule has 0 aliphatic heterocycles. The van der Waals surface area contributed by atoms with Gasteiger partial charge in [0.1, 0.15) is 5.75 Å². The van der Waals surface area contributed by atoms with E-state index in [0.717, 1.165) is 32.2 Å². The van der Waals surface area contributed by atoms with Crippen LogP contribution >= 0.6 is 0 Å². The molecular weight excluding hydrogens is 266 g/mol. The minimum atomic E-state index is -0.0702. The van der Waals surface area contributed by atoms with Gasteiger partial charge in [0.25, 0.3) is 5.91 Å². The molecule has 0 unspecified atom stereocenters. The second-order valence-electron chi connectivity index (χ2n) is 5.55. The molecule has 1 aromatic rings. The number of rotatable bonds is 6. The first kappa shape index (κ1) is 15.8. The monoisotopic (exact) mass is 291 g/mol. The van der Waals surface area contributed by atoms with Gasteiger partial charge in [-0.3, -0.25) is 9.78 Å². The fraction of sp³-hybridized carbons (Fsp3) is 0.625. The molecule has 1 aliphatic carbocycles. The van der Waals surface area contributed by atoms with Crippen LogP contribution in [0, 0.1) is 0 Å². The minimum absolute atomic E-state index is 0.0702. The summed E-state index contributed by atoms with van der Waals surface area (Å²) in [6.07, 6.45) is 8.65. The molecule has 2 N–H and O–H groups in total. The third-order valence-corrected chi connectivity index (χ3v) is 3.99. The quantitative estimate of drug-likeness (QED) is 0.843. The smallest absolute Gasteiger partial charge is 0.255 e. The first-order valence-corrected chi connectivity index (χ1v) is 7.76. The summed E-state index contributed by atoms with van der Waals surface area (Å²) in [5, 5.41) is 6.67. The van der Waals surface area contributed by atoms with Crippen molar-refractivity contribution < 1.29 is 9.53 Å². The lowest BCUT2D eigenvalue weighted by Gasteiger charge is -2.29. The lowest BCUT2D eigenvalue weighted by molar-refractivity contribution is 0.0921. The Morgan fingerprint density at radius 1 is 1.33 bits per heavy atom. The highest BCUT2D eigenvalue weighted by Gasteiger charge is 2.23. The van der Waals surface area contributed by atoms with Crippen LogP contribution in [0.4, 0.5) is 0 Å². The van der Waals surface area contributed by atoms with E-state index in [2.05, 4.69) is 22.5 Å². The molecule has 1 saturated carbocycles. The lowest BCUT2D eigenvalue weighted by Crippen LogP contribution is -2.42. The molecule has 116 valence electrons. The minimum Gasteiger partial charge on any atom is -0.494 e. The molecular formula is C16H25N3O2. The standard InChI is InChI=1S/C16H25N3O2/c1-3-9-18-12-4-6-13(7-5-12)19-16(20)14-8-10-17-11-15(14)21-2/h8,10-13,18H,3-7,9H2,1-2H3,(H,19,20). The molecule has 1 aliphatic rings. The van der Waals surface area contributed by atoms with Gasteiger partial charge in [-0.05, 0) is 44.7 Å². The largest absolute Gasteiger partial charge is 0.494 e. The molecule has 2 rings (SSSR count). The average molecular weight is 291 g/mol. The number of pyridine rings is 1. The molecule has 0 atom stereocenters. The van der Waals surface area contributed by atoms with Gasteiger partial charge >= 0.3 is 0 Å². The van der Waals surface area contributed by atoms with Crippen LogP contribution in [-0.4, -0.2) is 36.6 Å². The van der Waals surface area contributed by atoms with E-state index in [-0.39, 0.29) is 11.9 Å². The van der Waals surface area contributed by atoms with E-state index in [1.165, 1.54) is 6.42 Å². The van der Waals surface area contributed by atoms with Gasteiger partial charge in [0.2, 0.25) is 0 Å². The first-order valence-electron chi connectivity index (χ1n) is 7.76. The molecule has 0 saturated heterocycles. The Morgan fingerprint density at radius 3 is 2.71 bits per heavy atom. The van der Waals surface area contributed by atoms with Crippen molar-refractivity contribution in [2.75, 3.05) is 13.7 Å². The number of nitrogens with one attached hydrogen (secondary N) is 2. The highest BCUT2D eigenvalue weighted by atomic mass is 16.5. The number of ether oxygens (including phenoxy) is 1. The Kier molecular flexibility index (Phi) is 5.99. The number of hydrogen-bond acceptors (Lipinski definition) is 4. The predicted molar refractivity (Wildman–Crippen MR) is 82.6 cm³/mol. The lowest BCUT2D eigenvalue weighted by atomic mass is 9.91. The second kappa shape index (κ2) is 7.98. The Hall–Kier alpha value is -1.62. The van der Waals surface area contributed by atoms with Crippen molar-refractivity contribution >= 4 is 5.91 Å².